The molecule has 86 valence electrons. The zero-order chi connectivity index (χ0) is 11.7. The van der Waals surface area contributed by atoms with Crippen LogP contribution in [0.25, 0.3) is 0 Å². The first-order valence-electron chi connectivity index (χ1n) is 5.71. The summed E-state index contributed by atoms with van der Waals surface area (Å²) in [7, 11) is 0. The number of nitrogens with zero attached hydrogens (tertiary/aromatic N) is 2. The molecule has 1 fully saturated rings. The number of hydrogen-bond acceptors (Lipinski definition) is 2. The van der Waals surface area contributed by atoms with E-state index in [9.17, 15) is 4.79 Å². The molecule has 0 unspecified atom stereocenters. The Morgan fingerprint density at radius 2 is 2.31 bits per heavy atom. The second-order valence-electron chi connectivity index (χ2n) is 5.61. The third-order valence-corrected chi connectivity index (χ3v) is 4.34. The van der Waals surface area contributed by atoms with Crippen molar-refractivity contribution in [1.82, 2.24) is 9.78 Å². The summed E-state index contributed by atoms with van der Waals surface area (Å²) < 4.78 is 1.68. The molecule has 1 aromatic rings. The van der Waals surface area contributed by atoms with Gasteiger partial charge in [0.25, 0.3) is 0 Å². The Balaban J connectivity index is 2.01. The largest absolute Gasteiger partial charge is 0.480 e. The summed E-state index contributed by atoms with van der Waals surface area (Å²) in [5, 5.41) is 13.2. The molecule has 2 atom stereocenters. The summed E-state index contributed by atoms with van der Waals surface area (Å²) in [5.74, 6) is 0.509. The highest BCUT2D eigenvalue weighted by Gasteiger charge is 2.63. The van der Waals surface area contributed by atoms with Crippen molar-refractivity contribution < 1.29 is 9.90 Å². The molecule has 2 aliphatic carbocycles. The first-order valence-corrected chi connectivity index (χ1v) is 5.71. The van der Waals surface area contributed by atoms with E-state index in [0.717, 1.165) is 17.8 Å². The fourth-order valence-corrected chi connectivity index (χ4v) is 3.43. The molecular weight excluding hydrogens is 204 g/mol. The number of aliphatic carboxylic acids is 1. The highest BCUT2D eigenvalue weighted by molar-refractivity contribution is 5.66. The summed E-state index contributed by atoms with van der Waals surface area (Å²) in [6.45, 7) is 6.57. The van der Waals surface area contributed by atoms with Crippen molar-refractivity contribution in [2.75, 3.05) is 0 Å². The molecule has 0 aliphatic heterocycles. The molecule has 1 aromatic heterocycles. The van der Waals surface area contributed by atoms with Gasteiger partial charge in [-0.3, -0.25) is 9.48 Å². The van der Waals surface area contributed by atoms with Gasteiger partial charge < -0.3 is 5.11 Å². The molecule has 0 radical (unpaired) electrons. The molecule has 0 aromatic carbocycles. The van der Waals surface area contributed by atoms with Crippen LogP contribution in [0.4, 0.5) is 0 Å². The monoisotopic (exact) mass is 220 g/mol. The SMILES string of the molecule is Cc1nn(CC(=O)O)c2c1[C@H]1[C@H](C2)C1(C)C. The number of carboxylic acids is 1. The lowest BCUT2D eigenvalue weighted by atomic mass is 9.98. The summed E-state index contributed by atoms with van der Waals surface area (Å²) in [4.78, 5) is 10.7. The van der Waals surface area contributed by atoms with E-state index in [4.69, 9.17) is 5.11 Å². The van der Waals surface area contributed by atoms with Crippen molar-refractivity contribution in [3.8, 4) is 0 Å². The molecule has 1 N–H and O–H groups in total. The van der Waals surface area contributed by atoms with Crippen molar-refractivity contribution in [1.29, 1.82) is 0 Å². The minimum Gasteiger partial charge on any atom is -0.480 e. The molecule has 2 aliphatic rings. The van der Waals surface area contributed by atoms with Gasteiger partial charge in [0.1, 0.15) is 6.54 Å². The summed E-state index contributed by atoms with van der Waals surface area (Å²) in [6.07, 6.45) is 1.00. The number of carboxylic acid groups (broad SMARTS) is 1. The molecule has 0 spiro atoms. The fraction of sp³-hybridized carbons (Fsp3) is 0.667. The molecule has 0 amide bonds. The Bertz CT molecular complexity index is 487. The maximum absolute atomic E-state index is 10.7. The van der Waals surface area contributed by atoms with Crippen LogP contribution in [0.5, 0.6) is 0 Å². The number of fused-ring (bicyclic) bond motifs is 3. The van der Waals surface area contributed by atoms with Crippen LogP contribution in [-0.4, -0.2) is 20.9 Å². The number of aryl methyl sites for hydroxylation is 1. The molecule has 1 heterocycles. The van der Waals surface area contributed by atoms with Crippen molar-refractivity contribution in [3.05, 3.63) is 17.0 Å². The maximum Gasteiger partial charge on any atom is 0.325 e. The van der Waals surface area contributed by atoms with Gasteiger partial charge >= 0.3 is 5.97 Å². The van der Waals surface area contributed by atoms with Crippen LogP contribution in [0.3, 0.4) is 0 Å². The smallest absolute Gasteiger partial charge is 0.325 e. The molecule has 4 nitrogen and oxygen atoms in total. The zero-order valence-electron chi connectivity index (χ0n) is 9.82. The molecule has 16 heavy (non-hydrogen) atoms. The Labute approximate surface area is 94.3 Å². The topological polar surface area (TPSA) is 55.1 Å². The Morgan fingerprint density at radius 1 is 1.62 bits per heavy atom. The normalized spacial score (nSPS) is 28.7. The van der Waals surface area contributed by atoms with Crippen LogP contribution in [-0.2, 0) is 17.8 Å². The number of rotatable bonds is 2. The van der Waals surface area contributed by atoms with Gasteiger partial charge in [-0.15, -0.1) is 0 Å². The molecular formula is C12H16N2O2. The van der Waals surface area contributed by atoms with Crippen LogP contribution in [0, 0.1) is 18.3 Å². The van der Waals surface area contributed by atoms with Gasteiger partial charge in [-0.25, -0.2) is 0 Å². The Kier molecular flexibility index (Phi) is 1.65. The lowest BCUT2D eigenvalue weighted by Crippen LogP contribution is -2.14. The minimum atomic E-state index is -0.815. The van der Waals surface area contributed by atoms with Crippen molar-refractivity contribution in [3.63, 3.8) is 0 Å². The summed E-state index contributed by atoms with van der Waals surface area (Å²) >= 11 is 0. The number of aromatic nitrogens is 2. The van der Waals surface area contributed by atoms with Gasteiger partial charge in [0.05, 0.1) is 5.69 Å². The van der Waals surface area contributed by atoms with Gasteiger partial charge in [-0.05, 0) is 30.6 Å². The van der Waals surface area contributed by atoms with Crippen LogP contribution in [0.2, 0.25) is 0 Å². The summed E-state index contributed by atoms with van der Waals surface area (Å²) in [5.41, 5.74) is 3.91. The number of carbonyl (C=O) groups is 1. The predicted octanol–water partition coefficient (Wildman–Crippen LogP) is 1.57. The molecule has 4 heteroatoms. The van der Waals surface area contributed by atoms with Gasteiger partial charge in [0, 0.05) is 11.3 Å². The van der Waals surface area contributed by atoms with Gasteiger partial charge in [0.2, 0.25) is 0 Å². The van der Waals surface area contributed by atoms with Crippen LogP contribution in [0.1, 0.15) is 36.7 Å². The molecule has 0 bridgehead atoms. The third-order valence-electron chi connectivity index (χ3n) is 4.34. The van der Waals surface area contributed by atoms with Gasteiger partial charge in [-0.1, -0.05) is 13.8 Å². The van der Waals surface area contributed by atoms with E-state index in [1.54, 1.807) is 4.68 Å². The van der Waals surface area contributed by atoms with E-state index < -0.39 is 5.97 Å². The molecule has 1 saturated carbocycles. The van der Waals surface area contributed by atoms with Crippen molar-refractivity contribution in [2.24, 2.45) is 11.3 Å². The average molecular weight is 220 g/mol. The van der Waals surface area contributed by atoms with Crippen LogP contribution >= 0.6 is 0 Å². The van der Waals surface area contributed by atoms with E-state index in [1.807, 2.05) is 6.92 Å². The van der Waals surface area contributed by atoms with Crippen LogP contribution in [0.15, 0.2) is 0 Å². The van der Waals surface area contributed by atoms with E-state index in [2.05, 4.69) is 18.9 Å². The quantitative estimate of drug-likeness (QED) is 0.823. The standard InChI is InChI=1S/C12H16N2O2/c1-6-10-8(14(13-6)5-9(15)16)4-7-11(10)12(7,2)3/h7,11H,4-5H2,1-3H3,(H,15,16)/t7-,11+/m0/s1. The number of hydrogen-bond donors (Lipinski definition) is 1. The highest BCUT2D eigenvalue weighted by atomic mass is 16.4. The summed E-state index contributed by atoms with van der Waals surface area (Å²) in [6, 6.07) is 0. The maximum atomic E-state index is 10.7. The second kappa shape index (κ2) is 2.67. The lowest BCUT2D eigenvalue weighted by Gasteiger charge is -2.09. The van der Waals surface area contributed by atoms with E-state index in [-0.39, 0.29) is 6.54 Å². The zero-order valence-corrected chi connectivity index (χ0v) is 9.82. The lowest BCUT2D eigenvalue weighted by molar-refractivity contribution is -0.137. The van der Waals surface area contributed by atoms with E-state index in [0.29, 0.717) is 17.3 Å². The predicted molar refractivity (Wildman–Crippen MR) is 58.3 cm³/mol. The molecule has 3 rings (SSSR count). The van der Waals surface area contributed by atoms with Gasteiger partial charge in [-0.2, -0.15) is 5.10 Å². The second-order valence-corrected chi connectivity index (χ2v) is 5.61. The van der Waals surface area contributed by atoms with Gasteiger partial charge in [0.15, 0.2) is 0 Å². The van der Waals surface area contributed by atoms with E-state index >= 15 is 0 Å². The average Bonchev–Trinajstić information content (AvgIpc) is 2.52. The van der Waals surface area contributed by atoms with E-state index in [1.165, 1.54) is 5.56 Å². The van der Waals surface area contributed by atoms with Crippen molar-refractivity contribution >= 4 is 5.97 Å². The third kappa shape index (κ3) is 1.05. The Morgan fingerprint density at radius 3 is 2.94 bits per heavy atom. The highest BCUT2D eigenvalue weighted by Crippen LogP contribution is 2.70. The fourth-order valence-electron chi connectivity index (χ4n) is 3.43. The minimum absolute atomic E-state index is 0.00393. The first kappa shape index (κ1) is 9.87. The van der Waals surface area contributed by atoms with Crippen LogP contribution < -0.4 is 0 Å². The first-order chi connectivity index (χ1) is 7.43. The molecule has 0 saturated heterocycles. The Hall–Kier alpha value is -1.32. The van der Waals surface area contributed by atoms with Crippen molar-refractivity contribution in [2.45, 2.75) is 39.7 Å².